The van der Waals surface area contributed by atoms with Gasteiger partial charge in [0, 0.05) is 11.9 Å². The maximum absolute atomic E-state index is 4.38. The van der Waals surface area contributed by atoms with E-state index >= 15 is 0 Å². The second kappa shape index (κ2) is 7.61. The molecule has 0 N–H and O–H groups in total. The molecule has 0 aliphatic carbocycles. The fourth-order valence-electron chi connectivity index (χ4n) is 1.07. The Morgan fingerprint density at radius 1 is 1.00 bits per heavy atom. The second-order valence-electron chi connectivity index (χ2n) is 4.23. The minimum Gasteiger partial charge on any atom is -0.261 e. The van der Waals surface area contributed by atoms with Crippen LogP contribution in [0.5, 0.6) is 0 Å². The van der Waals surface area contributed by atoms with Gasteiger partial charge in [-0.1, -0.05) is 37.0 Å². The van der Waals surface area contributed by atoms with Crippen LogP contribution in [0.15, 0.2) is 64.9 Å². The summed E-state index contributed by atoms with van der Waals surface area (Å²) in [5, 5.41) is 0. The largest absolute Gasteiger partial charge is 0.261 e. The predicted octanol–water partition coefficient (Wildman–Crippen LogP) is 5.01. The van der Waals surface area contributed by atoms with Crippen LogP contribution in [0.1, 0.15) is 34.6 Å². The number of hydrogen-bond donors (Lipinski definition) is 0. The normalized spacial score (nSPS) is 14.3. The summed E-state index contributed by atoms with van der Waals surface area (Å²) in [7, 11) is 0. The van der Waals surface area contributed by atoms with Crippen molar-refractivity contribution in [1.29, 1.82) is 0 Å². The van der Waals surface area contributed by atoms with Crippen LogP contribution < -0.4 is 0 Å². The molecular weight excluding hydrogens is 206 g/mol. The van der Waals surface area contributed by atoms with Gasteiger partial charge in [0.1, 0.15) is 0 Å². The van der Waals surface area contributed by atoms with E-state index in [1.807, 2.05) is 46.9 Å². The fraction of sp³-hybridized carbons (Fsp3) is 0.312. The lowest BCUT2D eigenvalue weighted by Gasteiger charge is -2.01. The van der Waals surface area contributed by atoms with E-state index in [4.69, 9.17) is 0 Å². The number of hydrogen-bond acceptors (Lipinski definition) is 1. The average Bonchev–Trinajstić information content (AvgIpc) is 2.25. The number of allylic oxidation sites excluding steroid dienone is 7. The molecule has 0 aliphatic rings. The summed E-state index contributed by atoms with van der Waals surface area (Å²) in [6, 6.07) is 0. The van der Waals surface area contributed by atoms with Crippen molar-refractivity contribution in [1.82, 2.24) is 0 Å². The van der Waals surface area contributed by atoms with Crippen LogP contribution in [0.25, 0.3) is 0 Å². The van der Waals surface area contributed by atoms with Gasteiger partial charge in [-0.3, -0.25) is 4.99 Å². The molecule has 0 aliphatic heterocycles. The number of rotatable bonds is 5. The average molecular weight is 229 g/mol. The molecule has 0 atom stereocenters. The first kappa shape index (κ1) is 15.4. The zero-order chi connectivity index (χ0) is 13.4. The highest BCUT2D eigenvalue weighted by atomic mass is 14.7. The predicted molar refractivity (Wildman–Crippen MR) is 79.4 cm³/mol. The van der Waals surface area contributed by atoms with Crippen molar-refractivity contribution < 1.29 is 0 Å². The van der Waals surface area contributed by atoms with Gasteiger partial charge in [0.15, 0.2) is 0 Å². The Labute approximate surface area is 106 Å². The molecule has 0 fully saturated rings. The molecule has 1 nitrogen and oxygen atoms in total. The fourth-order valence-corrected chi connectivity index (χ4v) is 1.07. The van der Waals surface area contributed by atoms with Crippen LogP contribution >= 0.6 is 0 Å². The van der Waals surface area contributed by atoms with Crippen molar-refractivity contribution >= 4 is 5.71 Å². The van der Waals surface area contributed by atoms with E-state index in [1.54, 1.807) is 0 Å². The molecule has 0 bridgehead atoms. The minimum atomic E-state index is 0.962. The monoisotopic (exact) mass is 229 g/mol. The van der Waals surface area contributed by atoms with Crippen molar-refractivity contribution in [2.75, 3.05) is 0 Å². The van der Waals surface area contributed by atoms with Gasteiger partial charge in [0.25, 0.3) is 0 Å². The lowest BCUT2D eigenvalue weighted by molar-refractivity contribution is 1.34. The van der Waals surface area contributed by atoms with Gasteiger partial charge < -0.3 is 0 Å². The second-order valence-corrected chi connectivity index (χ2v) is 4.23. The van der Waals surface area contributed by atoms with Crippen LogP contribution in [-0.2, 0) is 0 Å². The molecule has 0 rings (SSSR count). The molecule has 0 saturated carbocycles. The first-order valence-corrected chi connectivity index (χ1v) is 5.75. The van der Waals surface area contributed by atoms with Gasteiger partial charge in [-0.25, -0.2) is 0 Å². The van der Waals surface area contributed by atoms with E-state index in [0.29, 0.717) is 0 Å². The first-order chi connectivity index (χ1) is 7.88. The lowest BCUT2D eigenvalue weighted by atomic mass is 10.1. The molecule has 0 aromatic carbocycles. The van der Waals surface area contributed by atoms with Crippen LogP contribution in [-0.4, -0.2) is 5.71 Å². The van der Waals surface area contributed by atoms with E-state index in [9.17, 15) is 0 Å². The summed E-state index contributed by atoms with van der Waals surface area (Å²) in [6.07, 6.45) is 8.00. The van der Waals surface area contributed by atoms with E-state index in [1.165, 1.54) is 0 Å². The van der Waals surface area contributed by atoms with Crippen molar-refractivity contribution in [3.05, 3.63) is 59.9 Å². The smallest absolute Gasteiger partial charge is 0.0395 e. The molecule has 0 spiro atoms. The highest BCUT2D eigenvalue weighted by Gasteiger charge is 1.94. The molecular formula is C16H23N. The molecule has 0 radical (unpaired) electrons. The van der Waals surface area contributed by atoms with E-state index in [-0.39, 0.29) is 0 Å². The zero-order valence-corrected chi connectivity index (χ0v) is 11.7. The summed E-state index contributed by atoms with van der Waals surface area (Å²) >= 11 is 0. The first-order valence-electron chi connectivity index (χ1n) is 5.75. The minimum absolute atomic E-state index is 0.962. The zero-order valence-electron chi connectivity index (χ0n) is 11.7. The summed E-state index contributed by atoms with van der Waals surface area (Å²) < 4.78 is 0. The van der Waals surface area contributed by atoms with Gasteiger partial charge in [-0.05, 0) is 51.3 Å². The van der Waals surface area contributed by atoms with E-state index < -0.39 is 0 Å². The summed E-state index contributed by atoms with van der Waals surface area (Å²) in [6.45, 7) is 17.7. The third-order valence-corrected chi connectivity index (χ3v) is 2.38. The standard InChI is InChI=1S/C16H23N/c1-8-16(10-9-12(2)3)14(6)11-17-15(7)13(4)5/h8-11H,2,4H2,1,3,5-7H3/b10-9-,14-11+,16-8+,17-15?. The van der Waals surface area contributed by atoms with Gasteiger partial charge in [0.05, 0.1) is 0 Å². The summed E-state index contributed by atoms with van der Waals surface area (Å²) in [4.78, 5) is 4.38. The van der Waals surface area contributed by atoms with Crippen LogP contribution in [0.4, 0.5) is 0 Å². The summed E-state index contributed by atoms with van der Waals surface area (Å²) in [5.41, 5.74) is 5.29. The van der Waals surface area contributed by atoms with Crippen LogP contribution in [0, 0.1) is 0 Å². The van der Waals surface area contributed by atoms with Crippen LogP contribution in [0.3, 0.4) is 0 Å². The van der Waals surface area contributed by atoms with Gasteiger partial charge in [0.2, 0.25) is 0 Å². The lowest BCUT2D eigenvalue weighted by Crippen LogP contribution is -1.90. The molecule has 0 aromatic rings. The Morgan fingerprint density at radius 3 is 2.00 bits per heavy atom. The van der Waals surface area contributed by atoms with Gasteiger partial charge in [-0.15, -0.1) is 0 Å². The third kappa shape index (κ3) is 6.52. The van der Waals surface area contributed by atoms with E-state index in [0.717, 1.165) is 28.0 Å². The topological polar surface area (TPSA) is 12.4 Å². The number of aliphatic imine (C=N–C) groups is 1. The van der Waals surface area contributed by atoms with E-state index in [2.05, 4.69) is 30.3 Å². The Bertz CT molecular complexity index is 415. The number of nitrogens with zero attached hydrogens (tertiary/aromatic N) is 1. The van der Waals surface area contributed by atoms with Crippen molar-refractivity contribution in [3.63, 3.8) is 0 Å². The van der Waals surface area contributed by atoms with Crippen molar-refractivity contribution in [3.8, 4) is 0 Å². The Kier molecular flexibility index (Phi) is 6.88. The maximum Gasteiger partial charge on any atom is 0.0395 e. The van der Waals surface area contributed by atoms with Gasteiger partial charge in [-0.2, -0.15) is 0 Å². The molecule has 0 heterocycles. The Balaban J connectivity index is 4.96. The molecule has 0 amide bonds. The quantitative estimate of drug-likeness (QED) is 0.464. The summed E-state index contributed by atoms with van der Waals surface area (Å²) in [5.74, 6) is 0. The third-order valence-electron chi connectivity index (χ3n) is 2.38. The molecule has 0 unspecified atom stereocenters. The molecule has 17 heavy (non-hydrogen) atoms. The molecule has 0 saturated heterocycles. The highest BCUT2D eigenvalue weighted by Crippen LogP contribution is 2.12. The van der Waals surface area contributed by atoms with Gasteiger partial charge >= 0.3 is 0 Å². The molecule has 92 valence electrons. The Morgan fingerprint density at radius 2 is 1.59 bits per heavy atom. The molecule has 0 aromatic heterocycles. The van der Waals surface area contributed by atoms with Crippen molar-refractivity contribution in [2.45, 2.75) is 34.6 Å². The molecule has 1 heteroatoms. The SMILES string of the molecule is C=C(C)\C=C/C(=C\C)C(/C)=C/N=C(C)C(=C)C. The Hall–Kier alpha value is -1.63. The van der Waals surface area contributed by atoms with Crippen LogP contribution in [0.2, 0.25) is 0 Å². The maximum atomic E-state index is 4.38. The highest BCUT2D eigenvalue weighted by molar-refractivity contribution is 5.97. The van der Waals surface area contributed by atoms with Crippen molar-refractivity contribution in [2.24, 2.45) is 4.99 Å².